The Hall–Kier alpha value is -2.57. The van der Waals surface area contributed by atoms with E-state index in [4.69, 9.17) is 4.74 Å². The molecule has 142 valence electrons. The zero-order valence-corrected chi connectivity index (χ0v) is 15.4. The van der Waals surface area contributed by atoms with Gasteiger partial charge < -0.3 is 20.3 Å². The van der Waals surface area contributed by atoms with Gasteiger partial charge >= 0.3 is 6.09 Å². The fraction of sp³-hybridized carbons (Fsp3) is 0.526. The molecule has 1 fully saturated rings. The lowest BCUT2D eigenvalue weighted by atomic mass is 10.1. The molecule has 0 unspecified atom stereocenters. The summed E-state index contributed by atoms with van der Waals surface area (Å²) in [5.74, 6) is -0.389. The number of carbonyl (C=O) groups excluding carboxylic acids is 3. The van der Waals surface area contributed by atoms with Gasteiger partial charge in [-0.15, -0.1) is 0 Å². The average molecular weight is 361 g/mol. The molecular formula is C19H27N3O4. The van der Waals surface area contributed by atoms with Crippen LogP contribution in [-0.2, 0) is 20.7 Å². The lowest BCUT2D eigenvalue weighted by molar-refractivity contribution is -0.126. The molecule has 1 aromatic carbocycles. The molecule has 0 aromatic heterocycles. The normalized spacial score (nSPS) is 14.6. The number of nitrogens with one attached hydrogen (secondary N) is 2. The van der Waals surface area contributed by atoms with Gasteiger partial charge in [-0.3, -0.25) is 9.59 Å². The second kappa shape index (κ2) is 9.79. The molecule has 0 saturated carbocycles. The number of piperidine rings is 1. The Labute approximate surface area is 154 Å². The predicted molar refractivity (Wildman–Crippen MR) is 97.7 cm³/mol. The van der Waals surface area contributed by atoms with E-state index in [2.05, 4.69) is 10.6 Å². The van der Waals surface area contributed by atoms with Crippen LogP contribution in [0.15, 0.2) is 24.3 Å². The van der Waals surface area contributed by atoms with Crippen molar-refractivity contribution in [1.29, 1.82) is 0 Å². The fourth-order valence-corrected chi connectivity index (χ4v) is 2.95. The van der Waals surface area contributed by atoms with Gasteiger partial charge in [-0.05, 0) is 32.3 Å². The van der Waals surface area contributed by atoms with Gasteiger partial charge in [0.05, 0.1) is 19.6 Å². The van der Waals surface area contributed by atoms with Gasteiger partial charge in [0.2, 0.25) is 11.8 Å². The van der Waals surface area contributed by atoms with E-state index < -0.39 is 0 Å². The first-order chi connectivity index (χ1) is 12.5. The number of benzene rings is 1. The molecule has 0 spiro atoms. The molecule has 0 radical (unpaired) electrons. The summed E-state index contributed by atoms with van der Waals surface area (Å²) in [5, 5.41) is 5.55. The number of hydrogen-bond acceptors (Lipinski definition) is 4. The Kier molecular flexibility index (Phi) is 7.44. The van der Waals surface area contributed by atoms with Gasteiger partial charge in [-0.1, -0.05) is 29.8 Å². The van der Waals surface area contributed by atoms with Crippen LogP contribution in [0.5, 0.6) is 0 Å². The number of rotatable bonds is 6. The van der Waals surface area contributed by atoms with Crippen molar-refractivity contribution in [3.8, 4) is 0 Å². The molecule has 1 aliphatic heterocycles. The van der Waals surface area contributed by atoms with Crippen LogP contribution < -0.4 is 10.6 Å². The third-order valence-electron chi connectivity index (χ3n) is 4.28. The van der Waals surface area contributed by atoms with Gasteiger partial charge in [-0.25, -0.2) is 4.79 Å². The first-order valence-corrected chi connectivity index (χ1v) is 9.01. The summed E-state index contributed by atoms with van der Waals surface area (Å²) < 4.78 is 4.97. The lowest BCUT2D eigenvalue weighted by Crippen LogP contribution is -2.48. The summed E-state index contributed by atoms with van der Waals surface area (Å²) in [6, 6.07) is 7.75. The van der Waals surface area contributed by atoms with Crippen LogP contribution >= 0.6 is 0 Å². The monoisotopic (exact) mass is 361 g/mol. The van der Waals surface area contributed by atoms with E-state index in [1.54, 1.807) is 11.8 Å². The summed E-state index contributed by atoms with van der Waals surface area (Å²) in [5.41, 5.74) is 2.02. The first kappa shape index (κ1) is 19.8. The summed E-state index contributed by atoms with van der Waals surface area (Å²) >= 11 is 0. The van der Waals surface area contributed by atoms with Gasteiger partial charge in [0.1, 0.15) is 0 Å². The van der Waals surface area contributed by atoms with Crippen molar-refractivity contribution in [1.82, 2.24) is 15.5 Å². The number of ether oxygens (including phenoxy) is 1. The quantitative estimate of drug-likeness (QED) is 0.802. The topological polar surface area (TPSA) is 87.7 Å². The largest absolute Gasteiger partial charge is 0.450 e. The lowest BCUT2D eigenvalue weighted by Gasteiger charge is -2.31. The molecule has 2 rings (SSSR count). The maximum Gasteiger partial charge on any atom is 0.409 e. The van der Waals surface area contributed by atoms with E-state index in [1.807, 2.05) is 31.2 Å². The summed E-state index contributed by atoms with van der Waals surface area (Å²) in [4.78, 5) is 37.3. The van der Waals surface area contributed by atoms with Crippen LogP contribution in [0, 0.1) is 6.92 Å². The zero-order valence-electron chi connectivity index (χ0n) is 15.4. The van der Waals surface area contributed by atoms with E-state index in [9.17, 15) is 14.4 Å². The molecule has 1 heterocycles. The van der Waals surface area contributed by atoms with Crippen molar-refractivity contribution < 1.29 is 19.1 Å². The smallest absolute Gasteiger partial charge is 0.409 e. The van der Waals surface area contributed by atoms with Crippen LogP contribution in [0.1, 0.15) is 30.9 Å². The van der Waals surface area contributed by atoms with Crippen molar-refractivity contribution in [3.63, 3.8) is 0 Å². The Morgan fingerprint density at radius 2 is 1.92 bits per heavy atom. The minimum atomic E-state index is -0.305. The van der Waals surface area contributed by atoms with Crippen LogP contribution in [0.3, 0.4) is 0 Å². The molecule has 0 bridgehead atoms. The highest BCUT2D eigenvalue weighted by atomic mass is 16.6. The maximum absolute atomic E-state index is 12.0. The summed E-state index contributed by atoms with van der Waals surface area (Å²) in [7, 11) is 0. The number of aryl methyl sites for hydroxylation is 1. The molecule has 26 heavy (non-hydrogen) atoms. The molecule has 1 aromatic rings. The number of hydrogen-bond donors (Lipinski definition) is 2. The average Bonchev–Trinajstić information content (AvgIpc) is 2.61. The maximum atomic E-state index is 12.0. The van der Waals surface area contributed by atoms with Gasteiger partial charge in [0, 0.05) is 19.1 Å². The molecule has 7 nitrogen and oxygen atoms in total. The highest BCUT2D eigenvalue weighted by molar-refractivity contribution is 5.85. The van der Waals surface area contributed by atoms with E-state index >= 15 is 0 Å². The number of carbonyl (C=O) groups is 3. The SMILES string of the molecule is CCOC(=O)N1CCC(NC(=O)CNC(=O)Cc2cccc(C)c2)CC1. The molecule has 2 N–H and O–H groups in total. The van der Waals surface area contributed by atoms with Crippen molar-refractivity contribution >= 4 is 17.9 Å². The number of nitrogens with zero attached hydrogens (tertiary/aromatic N) is 1. The van der Waals surface area contributed by atoms with Gasteiger partial charge in [0.15, 0.2) is 0 Å². The minimum Gasteiger partial charge on any atom is -0.450 e. The third-order valence-corrected chi connectivity index (χ3v) is 4.28. The number of likely N-dealkylation sites (tertiary alicyclic amines) is 1. The minimum absolute atomic E-state index is 0.0156. The fourth-order valence-electron chi connectivity index (χ4n) is 2.95. The van der Waals surface area contributed by atoms with Crippen molar-refractivity contribution in [3.05, 3.63) is 35.4 Å². The Bertz CT molecular complexity index is 639. The molecule has 0 aliphatic carbocycles. The third kappa shape index (κ3) is 6.38. The summed E-state index contributed by atoms with van der Waals surface area (Å²) in [6.45, 7) is 5.19. The molecule has 0 atom stereocenters. The highest BCUT2D eigenvalue weighted by Crippen LogP contribution is 2.11. The van der Waals surface area contributed by atoms with Gasteiger partial charge in [-0.2, -0.15) is 0 Å². The van der Waals surface area contributed by atoms with Crippen molar-refractivity contribution in [2.45, 2.75) is 39.2 Å². The van der Waals surface area contributed by atoms with Crippen molar-refractivity contribution in [2.24, 2.45) is 0 Å². The molecule has 3 amide bonds. The Morgan fingerprint density at radius 1 is 1.19 bits per heavy atom. The van der Waals surface area contributed by atoms with Crippen LogP contribution in [-0.4, -0.2) is 55.1 Å². The Balaban J connectivity index is 1.66. The highest BCUT2D eigenvalue weighted by Gasteiger charge is 2.24. The van der Waals surface area contributed by atoms with Crippen LogP contribution in [0.25, 0.3) is 0 Å². The standard InChI is InChI=1S/C19H27N3O4/c1-3-26-19(25)22-9-7-16(8-10-22)21-18(24)13-20-17(23)12-15-6-4-5-14(2)11-15/h4-6,11,16H,3,7-10,12-13H2,1-2H3,(H,20,23)(H,21,24). The van der Waals surface area contributed by atoms with E-state index in [1.165, 1.54) is 0 Å². The summed E-state index contributed by atoms with van der Waals surface area (Å²) in [6.07, 6.45) is 1.32. The van der Waals surface area contributed by atoms with Crippen LogP contribution in [0.4, 0.5) is 4.79 Å². The van der Waals surface area contributed by atoms with E-state index in [-0.39, 0.29) is 36.9 Å². The first-order valence-electron chi connectivity index (χ1n) is 9.01. The molecular weight excluding hydrogens is 334 g/mol. The second-order valence-electron chi connectivity index (χ2n) is 6.47. The predicted octanol–water partition coefficient (Wildman–Crippen LogP) is 1.39. The van der Waals surface area contributed by atoms with E-state index in [0.717, 1.165) is 11.1 Å². The number of amides is 3. The molecule has 7 heteroatoms. The molecule has 1 saturated heterocycles. The van der Waals surface area contributed by atoms with E-state index in [0.29, 0.717) is 32.5 Å². The van der Waals surface area contributed by atoms with Crippen molar-refractivity contribution in [2.75, 3.05) is 26.2 Å². The Morgan fingerprint density at radius 3 is 2.58 bits per heavy atom. The van der Waals surface area contributed by atoms with Crippen LogP contribution in [0.2, 0.25) is 0 Å². The zero-order chi connectivity index (χ0) is 18.9. The molecule has 1 aliphatic rings. The van der Waals surface area contributed by atoms with Gasteiger partial charge in [0.25, 0.3) is 0 Å². The second-order valence-corrected chi connectivity index (χ2v) is 6.47.